The molecule has 0 saturated carbocycles. The maximum atomic E-state index is 12.5. The number of nitrogens with one attached hydrogen (secondary N) is 2. The predicted octanol–water partition coefficient (Wildman–Crippen LogP) is 1.78. The molecule has 0 aromatic carbocycles. The summed E-state index contributed by atoms with van der Waals surface area (Å²) in [6, 6.07) is -1.05. The second-order valence-corrected chi connectivity index (χ2v) is 6.17. The summed E-state index contributed by atoms with van der Waals surface area (Å²) >= 11 is 0. The van der Waals surface area contributed by atoms with Crippen LogP contribution in [0.3, 0.4) is 0 Å². The van der Waals surface area contributed by atoms with Crippen LogP contribution >= 0.6 is 0 Å². The number of aryl methyl sites for hydroxylation is 1. The second kappa shape index (κ2) is 8.03. The van der Waals surface area contributed by atoms with E-state index in [9.17, 15) is 14.4 Å². The van der Waals surface area contributed by atoms with Crippen LogP contribution in [0.25, 0.3) is 0 Å². The minimum absolute atomic E-state index is 0.0494. The molecule has 2 N–H and O–H groups in total. The molecule has 0 unspecified atom stereocenters. The van der Waals surface area contributed by atoms with Crippen molar-refractivity contribution in [2.45, 2.75) is 46.6 Å². The lowest BCUT2D eigenvalue weighted by Crippen LogP contribution is -2.50. The largest absolute Gasteiger partial charge is 0.463 e. The van der Waals surface area contributed by atoms with Gasteiger partial charge in [0.25, 0.3) is 0 Å². The molecule has 26 heavy (non-hydrogen) atoms. The monoisotopic (exact) mass is 365 g/mol. The van der Waals surface area contributed by atoms with E-state index in [1.807, 2.05) is 13.8 Å². The van der Waals surface area contributed by atoms with Crippen LogP contribution in [0.1, 0.15) is 55.4 Å². The van der Waals surface area contributed by atoms with Crippen molar-refractivity contribution in [1.29, 1.82) is 0 Å². The van der Waals surface area contributed by atoms with Crippen molar-refractivity contribution in [2.24, 2.45) is 0 Å². The number of aromatic nitrogens is 1. The number of nitrogens with zero attached hydrogens (tertiary/aromatic N) is 1. The van der Waals surface area contributed by atoms with Gasteiger partial charge in [0.15, 0.2) is 5.76 Å². The minimum Gasteiger partial charge on any atom is -0.463 e. The zero-order valence-corrected chi connectivity index (χ0v) is 15.5. The maximum absolute atomic E-state index is 12.5. The molecule has 9 nitrogen and oxygen atoms in total. The van der Waals surface area contributed by atoms with E-state index in [0.29, 0.717) is 11.5 Å². The lowest BCUT2D eigenvalue weighted by Gasteiger charge is -2.26. The molecule has 0 fully saturated rings. The second-order valence-electron chi connectivity index (χ2n) is 6.17. The third-order valence-electron chi connectivity index (χ3n) is 3.83. The highest BCUT2D eigenvalue weighted by molar-refractivity contribution is 5.95. The summed E-state index contributed by atoms with van der Waals surface area (Å²) in [5, 5.41) is 8.88. The number of amides is 2. The molecule has 0 radical (unpaired) electrons. The Morgan fingerprint density at radius 2 is 1.96 bits per heavy atom. The van der Waals surface area contributed by atoms with Crippen LogP contribution in [0, 0.1) is 6.92 Å². The summed E-state index contributed by atoms with van der Waals surface area (Å²) in [5.41, 5.74) is 1.08. The van der Waals surface area contributed by atoms with Crippen molar-refractivity contribution in [2.75, 3.05) is 13.2 Å². The van der Waals surface area contributed by atoms with Gasteiger partial charge in [-0.2, -0.15) is 0 Å². The minimum atomic E-state index is -0.636. The first-order chi connectivity index (χ1) is 12.3. The van der Waals surface area contributed by atoms with Crippen molar-refractivity contribution < 1.29 is 28.4 Å². The van der Waals surface area contributed by atoms with Gasteiger partial charge in [-0.05, 0) is 20.8 Å². The highest BCUT2D eigenvalue weighted by Gasteiger charge is 2.31. The van der Waals surface area contributed by atoms with Crippen LogP contribution in [0.2, 0.25) is 0 Å². The summed E-state index contributed by atoms with van der Waals surface area (Å²) in [6.07, 6.45) is 0. The Balaban J connectivity index is 2.23. The van der Waals surface area contributed by atoms with Gasteiger partial charge in [0.1, 0.15) is 12.2 Å². The van der Waals surface area contributed by atoms with E-state index in [0.717, 1.165) is 0 Å². The van der Waals surface area contributed by atoms with E-state index < -0.39 is 24.0 Å². The molecule has 142 valence electrons. The summed E-state index contributed by atoms with van der Waals surface area (Å²) in [7, 11) is 0. The number of esters is 2. The van der Waals surface area contributed by atoms with Crippen LogP contribution in [-0.4, -0.2) is 42.4 Å². The van der Waals surface area contributed by atoms with E-state index in [1.54, 1.807) is 20.8 Å². The van der Waals surface area contributed by atoms with Crippen LogP contribution in [0.5, 0.6) is 0 Å². The van der Waals surface area contributed by atoms with E-state index in [4.69, 9.17) is 14.0 Å². The van der Waals surface area contributed by atoms with E-state index in [2.05, 4.69) is 15.8 Å². The van der Waals surface area contributed by atoms with Crippen LogP contribution < -0.4 is 10.6 Å². The molecule has 1 aromatic heterocycles. The fourth-order valence-corrected chi connectivity index (χ4v) is 2.63. The maximum Gasteiger partial charge on any atom is 0.344 e. The number of carbonyl (C=O) groups excluding carboxylic acids is 3. The Bertz CT molecular complexity index is 750. The van der Waals surface area contributed by atoms with Gasteiger partial charge in [0.05, 0.1) is 29.6 Å². The van der Waals surface area contributed by atoms with Crippen LogP contribution in [-0.2, 0) is 14.3 Å². The molecule has 1 aliphatic rings. The molecule has 0 aliphatic carbocycles. The molecule has 2 heterocycles. The summed E-state index contributed by atoms with van der Waals surface area (Å²) in [6.45, 7) is 8.61. The fraction of sp³-hybridized carbons (Fsp3) is 0.529. The number of hydrogen-bond acceptors (Lipinski definition) is 7. The summed E-state index contributed by atoms with van der Waals surface area (Å²) in [5.74, 6) is -0.840. The quantitative estimate of drug-likeness (QED) is 0.737. The molecular weight excluding hydrogens is 342 g/mol. The highest BCUT2D eigenvalue weighted by Crippen LogP contribution is 2.23. The Labute approximate surface area is 151 Å². The van der Waals surface area contributed by atoms with E-state index in [1.165, 1.54) is 0 Å². The predicted molar refractivity (Wildman–Crippen MR) is 90.4 cm³/mol. The zero-order valence-electron chi connectivity index (χ0n) is 15.5. The van der Waals surface area contributed by atoms with Crippen molar-refractivity contribution in [3.8, 4) is 0 Å². The molecule has 2 rings (SSSR count). The molecule has 0 bridgehead atoms. The van der Waals surface area contributed by atoms with Gasteiger partial charge < -0.3 is 24.6 Å². The molecule has 9 heteroatoms. The van der Waals surface area contributed by atoms with Crippen molar-refractivity contribution in [3.05, 3.63) is 28.3 Å². The Morgan fingerprint density at radius 1 is 1.27 bits per heavy atom. The fourth-order valence-electron chi connectivity index (χ4n) is 2.63. The SMILES string of the molecule is CCOC(=O)C1=C(COC(=O)c2c(C)noc2C(C)C)NC(=O)N[C@@H]1C. The lowest BCUT2D eigenvalue weighted by atomic mass is 10.0. The van der Waals surface area contributed by atoms with E-state index >= 15 is 0 Å². The number of rotatable bonds is 6. The highest BCUT2D eigenvalue weighted by atomic mass is 16.5. The smallest absolute Gasteiger partial charge is 0.344 e. The van der Waals surface area contributed by atoms with Crippen molar-refractivity contribution >= 4 is 18.0 Å². The number of carbonyl (C=O) groups is 3. The third kappa shape index (κ3) is 4.04. The average Bonchev–Trinajstić information content (AvgIpc) is 2.94. The number of urea groups is 1. The lowest BCUT2D eigenvalue weighted by molar-refractivity contribution is -0.139. The Morgan fingerprint density at radius 3 is 2.58 bits per heavy atom. The third-order valence-corrected chi connectivity index (χ3v) is 3.83. The molecule has 1 aromatic rings. The molecule has 2 amide bonds. The average molecular weight is 365 g/mol. The van der Waals surface area contributed by atoms with Crippen LogP contribution in [0.4, 0.5) is 4.79 Å². The molecule has 1 aliphatic heterocycles. The number of ether oxygens (including phenoxy) is 2. The molecule has 0 saturated heterocycles. The molecular formula is C17H23N3O6. The van der Waals surface area contributed by atoms with E-state index in [-0.39, 0.29) is 36.0 Å². The topological polar surface area (TPSA) is 120 Å². The van der Waals surface area contributed by atoms with Crippen molar-refractivity contribution in [1.82, 2.24) is 15.8 Å². The Hall–Kier alpha value is -2.84. The molecule has 0 spiro atoms. The standard InChI is InChI=1S/C17H23N3O6/c1-6-24-15(21)12-9(4)18-17(23)19-11(12)7-25-16(22)13-10(5)20-26-14(13)8(2)3/h8-9H,6-7H2,1-5H3,(H2,18,19,23)/t9-/m1/s1. The summed E-state index contributed by atoms with van der Waals surface area (Å²) in [4.78, 5) is 36.3. The van der Waals surface area contributed by atoms with Gasteiger partial charge >= 0.3 is 18.0 Å². The summed E-state index contributed by atoms with van der Waals surface area (Å²) < 4.78 is 15.5. The van der Waals surface area contributed by atoms with Gasteiger partial charge in [0, 0.05) is 5.92 Å². The molecule has 1 atom stereocenters. The van der Waals surface area contributed by atoms with Crippen LogP contribution in [0.15, 0.2) is 15.8 Å². The van der Waals surface area contributed by atoms with Gasteiger partial charge in [-0.15, -0.1) is 0 Å². The first-order valence-corrected chi connectivity index (χ1v) is 8.37. The van der Waals surface area contributed by atoms with Gasteiger partial charge in [-0.3, -0.25) is 0 Å². The first-order valence-electron chi connectivity index (χ1n) is 8.37. The van der Waals surface area contributed by atoms with Gasteiger partial charge in [-0.1, -0.05) is 19.0 Å². The Kier molecular flexibility index (Phi) is 6.01. The zero-order chi connectivity index (χ0) is 19.4. The van der Waals surface area contributed by atoms with Crippen molar-refractivity contribution in [3.63, 3.8) is 0 Å². The van der Waals surface area contributed by atoms with Gasteiger partial charge in [-0.25, -0.2) is 14.4 Å². The first kappa shape index (κ1) is 19.5. The van der Waals surface area contributed by atoms with Gasteiger partial charge in [0.2, 0.25) is 0 Å². The number of hydrogen-bond donors (Lipinski definition) is 2. The normalized spacial score (nSPS) is 17.0.